The highest BCUT2D eigenvalue weighted by atomic mass is 16.3. The average molecular weight is 589 g/mol. The first kappa shape index (κ1) is 30.0. The normalized spacial score (nSPS) is 11.4. The number of unbranched alkanes of at least 4 members (excludes halogenated alkanes) is 2. The highest BCUT2D eigenvalue weighted by Crippen LogP contribution is 2.48. The summed E-state index contributed by atoms with van der Waals surface area (Å²) in [5.74, 6) is 0.570. The van der Waals surface area contributed by atoms with Gasteiger partial charge < -0.3 is 10.2 Å². The van der Waals surface area contributed by atoms with Crippen LogP contribution in [-0.4, -0.2) is 10.2 Å². The van der Waals surface area contributed by atoms with Crippen molar-refractivity contribution >= 4 is 0 Å². The van der Waals surface area contributed by atoms with E-state index in [1.807, 2.05) is 72.8 Å². The van der Waals surface area contributed by atoms with Crippen molar-refractivity contribution in [2.24, 2.45) is 0 Å². The van der Waals surface area contributed by atoms with Crippen molar-refractivity contribution in [2.75, 3.05) is 0 Å². The first-order valence-electron chi connectivity index (χ1n) is 16.0. The van der Waals surface area contributed by atoms with Crippen molar-refractivity contribution in [1.29, 1.82) is 0 Å². The molecule has 0 aliphatic rings. The van der Waals surface area contributed by atoms with Gasteiger partial charge in [0, 0.05) is 27.7 Å². The fraction of sp³-hybridized carbons (Fsp3) is 0.163. The number of hydrogen-bond donors (Lipinski definition) is 2. The van der Waals surface area contributed by atoms with E-state index < -0.39 is 5.41 Å². The van der Waals surface area contributed by atoms with E-state index in [1.54, 1.807) is 0 Å². The van der Waals surface area contributed by atoms with Crippen LogP contribution >= 0.6 is 0 Å². The second-order valence-corrected chi connectivity index (χ2v) is 12.1. The van der Waals surface area contributed by atoms with Crippen LogP contribution in [0.1, 0.15) is 50.7 Å². The smallest absolute Gasteiger partial charge is 0.131 e. The standard InChI is InChI=1S/C43H40O2/c1-3-4-17-26-43(2,35-27-37(31-18-9-5-10-19-31)41(44)38(28-35)32-20-11-6-12-21-32)36-29-39(33-22-13-7-14-23-33)42(45)40(30-36)34-24-15-8-16-25-34/h5-16,18-25,27-30,44-45H,3-4,17,26H2,1-2H3. The van der Waals surface area contributed by atoms with E-state index in [0.29, 0.717) is 0 Å². The van der Waals surface area contributed by atoms with Crippen LogP contribution in [0.5, 0.6) is 11.5 Å². The molecule has 6 aromatic carbocycles. The van der Waals surface area contributed by atoms with Gasteiger partial charge in [0.2, 0.25) is 0 Å². The van der Waals surface area contributed by atoms with Gasteiger partial charge in [-0.25, -0.2) is 0 Å². The van der Waals surface area contributed by atoms with E-state index in [1.165, 1.54) is 0 Å². The molecule has 0 unspecified atom stereocenters. The predicted octanol–water partition coefficient (Wildman–Crippen LogP) is 11.7. The van der Waals surface area contributed by atoms with Crippen LogP contribution in [0.25, 0.3) is 44.5 Å². The number of phenols is 2. The quantitative estimate of drug-likeness (QED) is 0.156. The summed E-state index contributed by atoms with van der Waals surface area (Å²) in [6.07, 6.45) is 4.22. The van der Waals surface area contributed by atoms with Crippen LogP contribution in [0.2, 0.25) is 0 Å². The summed E-state index contributed by atoms with van der Waals surface area (Å²) in [4.78, 5) is 0. The number of hydrogen-bond acceptors (Lipinski definition) is 2. The maximum absolute atomic E-state index is 11.8. The number of phenolic OH excluding ortho intramolecular Hbond substituents is 2. The minimum atomic E-state index is -0.420. The van der Waals surface area contributed by atoms with Gasteiger partial charge in [-0.15, -0.1) is 0 Å². The number of aromatic hydroxyl groups is 2. The van der Waals surface area contributed by atoms with Crippen LogP contribution in [0.4, 0.5) is 0 Å². The molecule has 0 amide bonds. The Morgan fingerprint density at radius 3 is 1.00 bits per heavy atom. The minimum Gasteiger partial charge on any atom is -0.507 e. The Balaban J connectivity index is 1.65. The lowest BCUT2D eigenvalue weighted by molar-refractivity contribution is 0.468. The molecule has 2 nitrogen and oxygen atoms in total. The Hall–Kier alpha value is -5.08. The van der Waals surface area contributed by atoms with Crippen molar-refractivity contribution in [3.8, 4) is 56.0 Å². The van der Waals surface area contributed by atoms with Gasteiger partial charge in [0.05, 0.1) is 0 Å². The van der Waals surface area contributed by atoms with Crippen LogP contribution in [0.3, 0.4) is 0 Å². The van der Waals surface area contributed by atoms with E-state index in [0.717, 1.165) is 81.3 Å². The SMILES string of the molecule is CCCCCC(C)(c1cc(-c2ccccc2)c(O)c(-c2ccccc2)c1)c1cc(-c2ccccc2)c(O)c(-c2ccccc2)c1. The van der Waals surface area contributed by atoms with Gasteiger partial charge in [0.15, 0.2) is 0 Å². The summed E-state index contributed by atoms with van der Waals surface area (Å²) in [5, 5.41) is 23.5. The minimum absolute atomic E-state index is 0.285. The molecule has 224 valence electrons. The van der Waals surface area contributed by atoms with Crippen LogP contribution in [0.15, 0.2) is 146 Å². The maximum atomic E-state index is 11.8. The molecule has 0 aliphatic heterocycles. The third-order valence-electron chi connectivity index (χ3n) is 9.11. The zero-order valence-electron chi connectivity index (χ0n) is 26.1. The zero-order valence-corrected chi connectivity index (χ0v) is 26.1. The molecule has 0 aliphatic carbocycles. The molecule has 0 heterocycles. The Morgan fingerprint density at radius 2 is 0.733 bits per heavy atom. The van der Waals surface area contributed by atoms with Crippen LogP contribution < -0.4 is 0 Å². The third kappa shape index (κ3) is 6.14. The summed E-state index contributed by atoms with van der Waals surface area (Å²) in [7, 11) is 0. The average Bonchev–Trinajstić information content (AvgIpc) is 3.10. The molecule has 0 spiro atoms. The summed E-state index contributed by atoms with van der Waals surface area (Å²) < 4.78 is 0. The molecule has 0 saturated heterocycles. The van der Waals surface area contributed by atoms with Gasteiger partial charge in [0.1, 0.15) is 11.5 Å². The molecule has 0 bridgehead atoms. The van der Waals surface area contributed by atoms with Crippen molar-refractivity contribution in [3.05, 3.63) is 157 Å². The molecule has 2 heteroatoms. The van der Waals surface area contributed by atoms with E-state index in [9.17, 15) is 10.2 Å². The molecule has 0 fully saturated rings. The van der Waals surface area contributed by atoms with E-state index in [4.69, 9.17) is 0 Å². The largest absolute Gasteiger partial charge is 0.507 e. The Bertz CT molecular complexity index is 1610. The molecule has 6 aromatic rings. The third-order valence-corrected chi connectivity index (χ3v) is 9.11. The summed E-state index contributed by atoms with van der Waals surface area (Å²) in [6.45, 7) is 4.56. The molecular weight excluding hydrogens is 548 g/mol. The van der Waals surface area contributed by atoms with Gasteiger partial charge in [-0.2, -0.15) is 0 Å². The van der Waals surface area contributed by atoms with Gasteiger partial charge in [0.25, 0.3) is 0 Å². The fourth-order valence-corrected chi connectivity index (χ4v) is 6.44. The summed E-state index contributed by atoms with van der Waals surface area (Å²) >= 11 is 0. The lowest BCUT2D eigenvalue weighted by Crippen LogP contribution is -2.24. The number of rotatable bonds is 10. The lowest BCUT2D eigenvalue weighted by atomic mass is 9.70. The Labute approximate surface area is 267 Å². The van der Waals surface area contributed by atoms with Gasteiger partial charge in [-0.05, 0) is 64.1 Å². The zero-order chi connectivity index (χ0) is 31.2. The summed E-state index contributed by atoms with van der Waals surface area (Å²) in [6, 6.07) is 49.3. The summed E-state index contributed by atoms with van der Waals surface area (Å²) in [5.41, 5.74) is 9.04. The molecule has 2 N–H and O–H groups in total. The van der Waals surface area contributed by atoms with Gasteiger partial charge in [-0.3, -0.25) is 0 Å². The highest BCUT2D eigenvalue weighted by molar-refractivity contribution is 5.85. The Morgan fingerprint density at radius 1 is 0.444 bits per heavy atom. The van der Waals surface area contributed by atoms with Crippen molar-refractivity contribution < 1.29 is 10.2 Å². The van der Waals surface area contributed by atoms with Gasteiger partial charge in [-0.1, -0.05) is 154 Å². The van der Waals surface area contributed by atoms with Crippen molar-refractivity contribution in [3.63, 3.8) is 0 Å². The maximum Gasteiger partial charge on any atom is 0.131 e. The first-order chi connectivity index (χ1) is 22.0. The van der Waals surface area contributed by atoms with Crippen molar-refractivity contribution in [1.82, 2.24) is 0 Å². The highest BCUT2D eigenvalue weighted by Gasteiger charge is 2.32. The second kappa shape index (κ2) is 13.3. The van der Waals surface area contributed by atoms with Gasteiger partial charge >= 0.3 is 0 Å². The van der Waals surface area contributed by atoms with Crippen LogP contribution in [-0.2, 0) is 5.41 Å². The molecule has 6 rings (SSSR count). The monoisotopic (exact) mass is 588 g/mol. The van der Waals surface area contributed by atoms with E-state index in [-0.39, 0.29) is 11.5 Å². The number of benzene rings is 6. The second-order valence-electron chi connectivity index (χ2n) is 12.1. The molecule has 0 atom stereocenters. The Kier molecular flexibility index (Phi) is 8.84. The molecule has 45 heavy (non-hydrogen) atoms. The van der Waals surface area contributed by atoms with Crippen LogP contribution in [0, 0.1) is 0 Å². The van der Waals surface area contributed by atoms with E-state index >= 15 is 0 Å². The molecule has 0 saturated carbocycles. The fourth-order valence-electron chi connectivity index (χ4n) is 6.44. The van der Waals surface area contributed by atoms with Crippen molar-refractivity contribution in [2.45, 2.75) is 44.9 Å². The molecule has 0 radical (unpaired) electrons. The lowest BCUT2D eigenvalue weighted by Gasteiger charge is -2.34. The van der Waals surface area contributed by atoms with E-state index in [2.05, 4.69) is 86.6 Å². The molecular formula is C43H40O2. The first-order valence-corrected chi connectivity index (χ1v) is 16.0. The predicted molar refractivity (Wildman–Crippen MR) is 189 cm³/mol. The topological polar surface area (TPSA) is 40.5 Å². The molecule has 0 aromatic heterocycles.